The van der Waals surface area contributed by atoms with E-state index in [-0.39, 0.29) is 12.2 Å². The molecule has 0 bridgehead atoms. The Balaban J connectivity index is 3.50. The fourth-order valence-electron chi connectivity index (χ4n) is 1.74. The zero-order valence-electron chi connectivity index (χ0n) is 12.2. The summed E-state index contributed by atoms with van der Waals surface area (Å²) in [6, 6.07) is 0.655. The van der Waals surface area contributed by atoms with Crippen molar-refractivity contribution in [2.45, 2.75) is 20.3 Å². The van der Waals surface area contributed by atoms with Crippen molar-refractivity contribution in [1.82, 2.24) is 0 Å². The first-order valence-electron chi connectivity index (χ1n) is 6.50. The first kappa shape index (κ1) is 19.1. The Bertz CT molecular complexity index is 703. The summed E-state index contributed by atoms with van der Waals surface area (Å²) in [5.74, 6) is -3.09. The summed E-state index contributed by atoms with van der Waals surface area (Å²) in [5, 5.41) is 9.50. The number of Topliss-reactive ketones (excluding diaryl/α,β-unsaturated/α-hetero) is 1. The van der Waals surface area contributed by atoms with Gasteiger partial charge in [0.1, 0.15) is 16.4 Å². The van der Waals surface area contributed by atoms with E-state index in [2.05, 4.69) is 0 Å². The third kappa shape index (κ3) is 4.05. The van der Waals surface area contributed by atoms with E-state index in [0.717, 1.165) is 0 Å². The largest absolute Gasteiger partial charge is 0.462 e. The van der Waals surface area contributed by atoms with E-state index >= 15 is 0 Å². The van der Waals surface area contributed by atoms with Gasteiger partial charge in [-0.15, -0.1) is 0 Å². The molecule has 1 aromatic rings. The Morgan fingerprint density at radius 1 is 1.35 bits per heavy atom. The van der Waals surface area contributed by atoms with Crippen molar-refractivity contribution in [3.05, 3.63) is 49.3 Å². The van der Waals surface area contributed by atoms with Gasteiger partial charge in [-0.25, -0.2) is 9.18 Å². The van der Waals surface area contributed by atoms with Gasteiger partial charge in [0.25, 0.3) is 0 Å². The highest BCUT2D eigenvalue weighted by Gasteiger charge is 2.31. The van der Waals surface area contributed by atoms with Gasteiger partial charge in [0.15, 0.2) is 5.02 Å². The van der Waals surface area contributed by atoms with Gasteiger partial charge in [0.2, 0.25) is 5.78 Å². The molecule has 0 fully saturated rings. The highest BCUT2D eigenvalue weighted by molar-refractivity contribution is 6.42. The number of nitro groups is 1. The number of ketones is 1. The van der Waals surface area contributed by atoms with Crippen LogP contribution in [0.5, 0.6) is 0 Å². The Morgan fingerprint density at radius 3 is 2.43 bits per heavy atom. The minimum atomic E-state index is -1.19. The summed E-state index contributed by atoms with van der Waals surface area (Å²) in [6.07, 6.45) is 1.59. The zero-order chi connectivity index (χ0) is 17.7. The second kappa shape index (κ2) is 8.03. The summed E-state index contributed by atoms with van der Waals surface area (Å²) in [5.41, 5.74) is -1.85. The fourth-order valence-corrected chi connectivity index (χ4v) is 2.31. The van der Waals surface area contributed by atoms with E-state index in [0.29, 0.717) is 12.5 Å². The van der Waals surface area contributed by atoms with Crippen LogP contribution in [0.15, 0.2) is 17.7 Å². The first-order chi connectivity index (χ1) is 10.8. The zero-order valence-corrected chi connectivity index (χ0v) is 13.7. The van der Waals surface area contributed by atoms with E-state index in [4.69, 9.17) is 27.9 Å². The van der Waals surface area contributed by atoms with Crippen LogP contribution < -0.4 is 0 Å². The number of hydrogen-bond donors (Lipinski definition) is 0. The van der Waals surface area contributed by atoms with Crippen molar-refractivity contribution in [2.75, 3.05) is 6.61 Å². The Kier molecular flexibility index (Phi) is 6.65. The number of nitro benzene ring substituents is 1. The molecule has 0 aliphatic rings. The average Bonchev–Trinajstić information content (AvgIpc) is 2.47. The van der Waals surface area contributed by atoms with E-state index < -0.39 is 43.8 Å². The summed E-state index contributed by atoms with van der Waals surface area (Å²) >= 11 is 11.3. The topological polar surface area (TPSA) is 86.5 Å². The number of hydrogen-bond acceptors (Lipinski definition) is 5. The Morgan fingerprint density at radius 2 is 1.96 bits per heavy atom. The van der Waals surface area contributed by atoms with Crippen LogP contribution >= 0.6 is 23.2 Å². The van der Waals surface area contributed by atoms with Crippen LogP contribution in [0.4, 0.5) is 10.1 Å². The predicted octanol–water partition coefficient (Wildman–Crippen LogP) is 4.12. The number of rotatable bonds is 6. The van der Waals surface area contributed by atoms with Gasteiger partial charge in [-0.05, 0) is 19.4 Å². The van der Waals surface area contributed by atoms with Crippen molar-refractivity contribution in [2.24, 2.45) is 0 Å². The fraction of sp³-hybridized carbons (Fsp3) is 0.286. The first-order valence-corrected chi connectivity index (χ1v) is 7.25. The van der Waals surface area contributed by atoms with Gasteiger partial charge in [-0.1, -0.05) is 36.2 Å². The standard InChI is InChI=1S/C14H12Cl2FNO5/c1-3-5-7(14(20)23-4-2)13(19)8-6-9(17)11(16)12(10(8)15)18(21)22/h5-6H,3-4H2,1-2H3. The molecular formula is C14H12Cl2FNO5. The van der Waals surface area contributed by atoms with E-state index in [1.165, 1.54) is 6.08 Å². The van der Waals surface area contributed by atoms with Crippen molar-refractivity contribution >= 4 is 40.6 Å². The lowest BCUT2D eigenvalue weighted by molar-refractivity contribution is -0.384. The van der Waals surface area contributed by atoms with Crippen LogP contribution in [-0.2, 0) is 9.53 Å². The molecule has 0 spiro atoms. The molecular weight excluding hydrogens is 352 g/mol. The maximum atomic E-state index is 13.8. The molecule has 0 aliphatic heterocycles. The molecule has 1 aromatic carbocycles. The van der Waals surface area contributed by atoms with Crippen LogP contribution in [0.2, 0.25) is 10.0 Å². The second-order valence-electron chi connectivity index (χ2n) is 4.22. The number of carbonyl (C=O) groups is 2. The number of benzene rings is 1. The van der Waals surface area contributed by atoms with Crippen molar-refractivity contribution in [1.29, 1.82) is 0 Å². The summed E-state index contributed by atoms with van der Waals surface area (Å²) in [7, 11) is 0. The van der Waals surface area contributed by atoms with E-state index in [1.807, 2.05) is 0 Å². The van der Waals surface area contributed by atoms with Crippen molar-refractivity contribution < 1.29 is 23.6 Å². The molecule has 6 nitrogen and oxygen atoms in total. The van der Waals surface area contributed by atoms with Crippen molar-refractivity contribution in [3.63, 3.8) is 0 Å². The summed E-state index contributed by atoms with van der Waals surface area (Å²) in [6.45, 7) is 3.24. The molecule has 0 amide bonds. The van der Waals surface area contributed by atoms with Gasteiger partial charge >= 0.3 is 11.7 Å². The molecule has 0 N–H and O–H groups in total. The molecule has 0 radical (unpaired) electrons. The lowest BCUT2D eigenvalue weighted by atomic mass is 10.0. The molecule has 1 rings (SSSR count). The van der Waals surface area contributed by atoms with Gasteiger partial charge in [-0.2, -0.15) is 0 Å². The van der Waals surface area contributed by atoms with Gasteiger partial charge in [0.05, 0.1) is 17.1 Å². The molecule has 0 atom stereocenters. The quantitative estimate of drug-likeness (QED) is 0.111. The molecule has 0 saturated carbocycles. The molecule has 0 unspecified atom stereocenters. The number of esters is 1. The molecule has 124 valence electrons. The van der Waals surface area contributed by atoms with Gasteiger partial charge < -0.3 is 4.74 Å². The number of halogens is 3. The van der Waals surface area contributed by atoms with Gasteiger partial charge in [0, 0.05) is 0 Å². The van der Waals surface area contributed by atoms with E-state index in [9.17, 15) is 24.1 Å². The maximum absolute atomic E-state index is 13.8. The molecule has 0 heterocycles. The Labute approximate surface area is 141 Å². The molecule has 9 heteroatoms. The Hall–Kier alpha value is -1.99. The van der Waals surface area contributed by atoms with Crippen LogP contribution in [0, 0.1) is 15.9 Å². The monoisotopic (exact) mass is 363 g/mol. The lowest BCUT2D eigenvalue weighted by Crippen LogP contribution is -2.17. The third-order valence-corrected chi connectivity index (χ3v) is 3.45. The second-order valence-corrected chi connectivity index (χ2v) is 4.97. The minimum absolute atomic E-state index is 0.0238. The van der Waals surface area contributed by atoms with Crippen molar-refractivity contribution in [3.8, 4) is 0 Å². The minimum Gasteiger partial charge on any atom is -0.462 e. The molecule has 0 saturated heterocycles. The van der Waals surface area contributed by atoms with Crippen LogP contribution in [0.1, 0.15) is 30.6 Å². The number of ether oxygens (including phenoxy) is 1. The molecule has 23 heavy (non-hydrogen) atoms. The highest BCUT2D eigenvalue weighted by Crippen LogP contribution is 2.38. The molecule has 0 aliphatic carbocycles. The maximum Gasteiger partial charge on any atom is 0.341 e. The van der Waals surface area contributed by atoms with Gasteiger partial charge in [-0.3, -0.25) is 14.9 Å². The number of nitrogens with zero attached hydrogens (tertiary/aromatic N) is 1. The molecule has 0 aromatic heterocycles. The third-order valence-electron chi connectivity index (χ3n) is 2.71. The van der Waals surface area contributed by atoms with Crippen LogP contribution in [-0.4, -0.2) is 23.3 Å². The lowest BCUT2D eigenvalue weighted by Gasteiger charge is -2.09. The SMILES string of the molecule is CCC=C(C(=O)OCC)C(=O)c1cc(F)c(Cl)c([N+](=O)[O-])c1Cl. The van der Waals surface area contributed by atoms with E-state index in [1.54, 1.807) is 13.8 Å². The number of allylic oxidation sites excluding steroid dienone is 1. The average molecular weight is 364 g/mol. The summed E-state index contributed by atoms with van der Waals surface area (Å²) in [4.78, 5) is 34.2. The summed E-state index contributed by atoms with van der Waals surface area (Å²) < 4.78 is 18.5. The van der Waals surface area contributed by atoms with Crippen LogP contribution in [0.25, 0.3) is 0 Å². The normalized spacial score (nSPS) is 11.3. The predicted molar refractivity (Wildman–Crippen MR) is 82.4 cm³/mol. The van der Waals surface area contributed by atoms with Crippen LogP contribution in [0.3, 0.4) is 0 Å². The smallest absolute Gasteiger partial charge is 0.341 e. The highest BCUT2D eigenvalue weighted by atomic mass is 35.5. The number of carbonyl (C=O) groups excluding carboxylic acids is 2.